The van der Waals surface area contributed by atoms with E-state index in [9.17, 15) is 9.18 Å². The molecule has 4 heteroatoms. The summed E-state index contributed by atoms with van der Waals surface area (Å²) < 4.78 is 20.1. The second-order valence-electron chi connectivity index (χ2n) is 7.00. The molecular formula is C18H22FNO2. The number of carbonyl (C=O) groups excluding carboxylic acids is 1. The van der Waals surface area contributed by atoms with E-state index in [0.29, 0.717) is 24.3 Å². The number of ether oxygens (including phenoxy) is 1. The highest BCUT2D eigenvalue weighted by Gasteiger charge is 2.50. The summed E-state index contributed by atoms with van der Waals surface area (Å²) in [5.74, 6) is 0.00219. The summed E-state index contributed by atoms with van der Waals surface area (Å²) in [5.41, 5.74) is -0.218. The van der Waals surface area contributed by atoms with Gasteiger partial charge in [-0.3, -0.25) is 9.69 Å². The number of esters is 1. The Balaban J connectivity index is 1.54. The van der Waals surface area contributed by atoms with Gasteiger partial charge in [0.2, 0.25) is 0 Å². The second kappa shape index (κ2) is 5.34. The zero-order valence-corrected chi connectivity index (χ0v) is 12.8. The van der Waals surface area contributed by atoms with Crippen molar-refractivity contribution in [2.75, 3.05) is 19.6 Å². The van der Waals surface area contributed by atoms with Gasteiger partial charge in [0.15, 0.2) is 0 Å². The number of piperidine rings is 3. The molecule has 1 aromatic carbocycles. The van der Waals surface area contributed by atoms with Crippen LogP contribution in [0, 0.1) is 11.7 Å². The third-order valence-electron chi connectivity index (χ3n) is 5.84. The molecule has 4 aliphatic rings. The lowest BCUT2D eigenvalue weighted by atomic mass is 9.64. The molecule has 1 unspecified atom stereocenters. The van der Waals surface area contributed by atoms with Crippen molar-refractivity contribution in [3.05, 3.63) is 35.6 Å². The number of carbonyl (C=O) groups is 1. The molecular weight excluding hydrogens is 281 g/mol. The third kappa shape index (κ3) is 2.16. The predicted octanol–water partition coefficient (Wildman–Crippen LogP) is 2.88. The molecule has 22 heavy (non-hydrogen) atoms. The molecule has 0 aromatic heterocycles. The molecule has 1 saturated carbocycles. The van der Waals surface area contributed by atoms with Gasteiger partial charge in [-0.1, -0.05) is 24.6 Å². The molecule has 3 aliphatic heterocycles. The average Bonchev–Trinajstić information content (AvgIpc) is 2.49. The molecule has 118 valence electrons. The molecule has 5 rings (SSSR count). The van der Waals surface area contributed by atoms with Crippen LogP contribution in [0.15, 0.2) is 24.3 Å². The number of rotatable bonds is 3. The first kappa shape index (κ1) is 14.2. The largest absolute Gasteiger partial charge is 0.460 e. The van der Waals surface area contributed by atoms with Crippen molar-refractivity contribution in [3.8, 4) is 0 Å². The Bertz CT molecular complexity index is 576. The van der Waals surface area contributed by atoms with Crippen LogP contribution < -0.4 is 0 Å². The highest BCUT2D eigenvalue weighted by atomic mass is 19.1. The number of halogens is 1. The van der Waals surface area contributed by atoms with Crippen molar-refractivity contribution >= 4 is 5.97 Å². The van der Waals surface area contributed by atoms with Gasteiger partial charge in [-0.15, -0.1) is 0 Å². The Labute approximate surface area is 130 Å². The van der Waals surface area contributed by atoms with Gasteiger partial charge in [0.25, 0.3) is 0 Å². The first-order valence-electron chi connectivity index (χ1n) is 8.37. The Morgan fingerprint density at radius 2 is 1.95 bits per heavy atom. The molecule has 2 bridgehead atoms. The van der Waals surface area contributed by atoms with E-state index in [0.717, 1.165) is 38.9 Å². The quantitative estimate of drug-likeness (QED) is 0.804. The van der Waals surface area contributed by atoms with E-state index in [2.05, 4.69) is 4.90 Å². The van der Waals surface area contributed by atoms with Crippen molar-refractivity contribution in [2.24, 2.45) is 5.92 Å². The highest BCUT2D eigenvalue weighted by Crippen LogP contribution is 2.46. The minimum Gasteiger partial charge on any atom is -0.460 e. The highest BCUT2D eigenvalue weighted by molar-refractivity contribution is 5.84. The fourth-order valence-electron chi connectivity index (χ4n) is 4.26. The molecule has 3 heterocycles. The first-order valence-corrected chi connectivity index (χ1v) is 8.37. The Morgan fingerprint density at radius 3 is 2.50 bits per heavy atom. The van der Waals surface area contributed by atoms with Crippen LogP contribution in [0.1, 0.15) is 37.7 Å². The standard InChI is InChI=1S/C18H22FNO2/c19-15-5-2-1-4-14(15)18(8-3-9-18)17(21)22-16-12-20-10-6-13(16)7-11-20/h1-2,4-5,13,16H,3,6-12H2. The summed E-state index contributed by atoms with van der Waals surface area (Å²) >= 11 is 0. The van der Waals surface area contributed by atoms with Gasteiger partial charge in [0.1, 0.15) is 11.9 Å². The molecule has 3 saturated heterocycles. The van der Waals surface area contributed by atoms with Gasteiger partial charge >= 0.3 is 5.97 Å². The molecule has 1 atom stereocenters. The monoisotopic (exact) mass is 303 g/mol. The van der Waals surface area contributed by atoms with Crippen LogP contribution >= 0.6 is 0 Å². The molecule has 0 spiro atoms. The zero-order valence-electron chi connectivity index (χ0n) is 12.8. The van der Waals surface area contributed by atoms with Gasteiger partial charge < -0.3 is 4.74 Å². The van der Waals surface area contributed by atoms with Crippen molar-refractivity contribution in [3.63, 3.8) is 0 Å². The van der Waals surface area contributed by atoms with E-state index < -0.39 is 5.41 Å². The van der Waals surface area contributed by atoms with Crippen LogP contribution in [0.25, 0.3) is 0 Å². The molecule has 4 fully saturated rings. The maximum atomic E-state index is 14.2. The van der Waals surface area contributed by atoms with E-state index in [1.54, 1.807) is 18.2 Å². The molecule has 0 N–H and O–H groups in total. The maximum Gasteiger partial charge on any atom is 0.316 e. The van der Waals surface area contributed by atoms with Crippen LogP contribution in [-0.4, -0.2) is 36.6 Å². The summed E-state index contributed by atoms with van der Waals surface area (Å²) in [7, 11) is 0. The lowest BCUT2D eigenvalue weighted by molar-refractivity contribution is -0.169. The fraction of sp³-hybridized carbons (Fsp3) is 0.611. The summed E-state index contributed by atoms with van der Waals surface area (Å²) in [4.78, 5) is 15.2. The first-order chi connectivity index (χ1) is 10.7. The summed E-state index contributed by atoms with van der Waals surface area (Å²) in [6.45, 7) is 3.10. The summed E-state index contributed by atoms with van der Waals surface area (Å²) in [6, 6.07) is 6.66. The van der Waals surface area contributed by atoms with E-state index in [-0.39, 0.29) is 17.9 Å². The molecule has 1 aromatic rings. The summed E-state index contributed by atoms with van der Waals surface area (Å²) in [6.07, 6.45) is 4.60. The van der Waals surface area contributed by atoms with Crippen molar-refractivity contribution in [1.82, 2.24) is 4.90 Å². The minimum absolute atomic E-state index is 0.000696. The van der Waals surface area contributed by atoms with Crippen LogP contribution in [0.3, 0.4) is 0 Å². The second-order valence-corrected chi connectivity index (χ2v) is 7.00. The van der Waals surface area contributed by atoms with Gasteiger partial charge in [-0.05, 0) is 50.8 Å². The van der Waals surface area contributed by atoms with Crippen LogP contribution in [0.2, 0.25) is 0 Å². The lowest BCUT2D eigenvalue weighted by Gasteiger charge is -2.46. The molecule has 0 amide bonds. The van der Waals surface area contributed by atoms with Gasteiger partial charge in [-0.25, -0.2) is 4.39 Å². The Kier molecular flexibility index (Phi) is 3.44. The van der Waals surface area contributed by atoms with Crippen molar-refractivity contribution in [2.45, 2.75) is 43.6 Å². The van der Waals surface area contributed by atoms with Gasteiger partial charge in [0.05, 0.1) is 5.41 Å². The summed E-state index contributed by atoms with van der Waals surface area (Å²) in [5, 5.41) is 0. The normalized spacial score (nSPS) is 32.3. The number of hydrogen-bond donors (Lipinski definition) is 0. The topological polar surface area (TPSA) is 29.5 Å². The van der Waals surface area contributed by atoms with Crippen LogP contribution in [-0.2, 0) is 14.9 Å². The SMILES string of the molecule is O=C(OC1CN2CCC1CC2)C1(c2ccccc2F)CCC1. The third-order valence-corrected chi connectivity index (χ3v) is 5.84. The van der Waals surface area contributed by atoms with Crippen LogP contribution in [0.5, 0.6) is 0 Å². The number of hydrogen-bond acceptors (Lipinski definition) is 3. The maximum absolute atomic E-state index is 14.2. The van der Waals surface area contributed by atoms with E-state index in [4.69, 9.17) is 4.74 Å². The zero-order chi connectivity index (χ0) is 15.2. The number of benzene rings is 1. The lowest BCUT2D eigenvalue weighted by Crippen LogP contribution is -2.54. The fourth-order valence-corrected chi connectivity index (χ4v) is 4.26. The predicted molar refractivity (Wildman–Crippen MR) is 81.0 cm³/mol. The minimum atomic E-state index is -0.739. The average molecular weight is 303 g/mol. The van der Waals surface area contributed by atoms with E-state index >= 15 is 0 Å². The van der Waals surface area contributed by atoms with Crippen molar-refractivity contribution < 1.29 is 13.9 Å². The molecule has 1 aliphatic carbocycles. The Morgan fingerprint density at radius 1 is 1.23 bits per heavy atom. The smallest absolute Gasteiger partial charge is 0.316 e. The van der Waals surface area contributed by atoms with Crippen LogP contribution in [0.4, 0.5) is 4.39 Å². The van der Waals surface area contributed by atoms with Gasteiger partial charge in [0, 0.05) is 12.1 Å². The van der Waals surface area contributed by atoms with E-state index in [1.165, 1.54) is 6.07 Å². The number of nitrogens with zero attached hydrogens (tertiary/aromatic N) is 1. The van der Waals surface area contributed by atoms with Gasteiger partial charge in [-0.2, -0.15) is 0 Å². The molecule has 0 radical (unpaired) electrons. The number of fused-ring (bicyclic) bond motifs is 3. The van der Waals surface area contributed by atoms with Crippen molar-refractivity contribution in [1.29, 1.82) is 0 Å². The molecule has 3 nitrogen and oxygen atoms in total. The van der Waals surface area contributed by atoms with E-state index in [1.807, 2.05) is 0 Å². The Hall–Kier alpha value is -1.42.